The van der Waals surface area contributed by atoms with Gasteiger partial charge in [0.15, 0.2) is 0 Å². The minimum atomic E-state index is -3.77. The molecule has 0 unspecified atom stereocenters. The molecule has 0 aliphatic heterocycles. The van der Waals surface area contributed by atoms with Crippen molar-refractivity contribution in [1.82, 2.24) is 5.32 Å². The second kappa shape index (κ2) is 7.26. The van der Waals surface area contributed by atoms with Crippen molar-refractivity contribution in [3.05, 3.63) is 48.2 Å². The van der Waals surface area contributed by atoms with Crippen molar-refractivity contribution in [3.8, 4) is 5.75 Å². The Balaban J connectivity index is 1.63. The summed E-state index contributed by atoms with van der Waals surface area (Å²) in [6.07, 6.45) is 0.831. The zero-order valence-corrected chi connectivity index (χ0v) is 12.3. The number of benzene rings is 1. The molecule has 0 fully saturated rings. The average Bonchev–Trinajstić information content (AvgIpc) is 2.93. The Morgan fingerprint density at radius 1 is 1.14 bits per heavy atom. The molecule has 114 valence electrons. The minimum Gasteiger partial charge on any atom is -0.494 e. The van der Waals surface area contributed by atoms with Crippen molar-refractivity contribution in [3.63, 3.8) is 0 Å². The number of para-hydroxylation sites is 1. The molecule has 0 saturated heterocycles. The molecule has 0 spiro atoms. The quantitative estimate of drug-likeness (QED) is 0.720. The van der Waals surface area contributed by atoms with Gasteiger partial charge in [-0.1, -0.05) is 18.2 Å². The number of hydrogen-bond donors (Lipinski definition) is 2. The smallest absolute Gasteiger partial charge is 0.271 e. The summed E-state index contributed by atoms with van der Waals surface area (Å²) in [6.45, 7) is 1.79. The van der Waals surface area contributed by atoms with Gasteiger partial charge in [-0.05, 0) is 37.2 Å². The molecule has 0 aliphatic rings. The molecule has 6 nitrogen and oxygen atoms in total. The number of primary sulfonamides is 1. The SMILES string of the molecule is NS(=O)(=O)c1ccc(CNCCCOc2ccccc2)o1. The van der Waals surface area contributed by atoms with Gasteiger partial charge in [0.25, 0.3) is 10.0 Å². The van der Waals surface area contributed by atoms with Gasteiger partial charge < -0.3 is 14.5 Å². The molecule has 1 aromatic heterocycles. The largest absolute Gasteiger partial charge is 0.494 e. The van der Waals surface area contributed by atoms with E-state index in [0.29, 0.717) is 18.9 Å². The molecular weight excluding hydrogens is 292 g/mol. The first-order chi connectivity index (χ1) is 10.1. The van der Waals surface area contributed by atoms with Crippen LogP contribution in [0.4, 0.5) is 0 Å². The van der Waals surface area contributed by atoms with Gasteiger partial charge in [0.2, 0.25) is 5.09 Å². The van der Waals surface area contributed by atoms with E-state index in [-0.39, 0.29) is 5.09 Å². The Labute approximate surface area is 124 Å². The molecule has 2 aromatic rings. The van der Waals surface area contributed by atoms with Crippen molar-refractivity contribution in [2.24, 2.45) is 5.14 Å². The molecule has 2 rings (SSSR count). The van der Waals surface area contributed by atoms with Crippen LogP contribution in [-0.2, 0) is 16.6 Å². The highest BCUT2D eigenvalue weighted by Crippen LogP contribution is 2.12. The monoisotopic (exact) mass is 310 g/mol. The van der Waals surface area contributed by atoms with Gasteiger partial charge in [-0.15, -0.1) is 0 Å². The van der Waals surface area contributed by atoms with E-state index >= 15 is 0 Å². The van der Waals surface area contributed by atoms with Gasteiger partial charge in [-0.25, -0.2) is 13.6 Å². The number of nitrogens with one attached hydrogen (secondary N) is 1. The van der Waals surface area contributed by atoms with Crippen LogP contribution in [0, 0.1) is 0 Å². The van der Waals surface area contributed by atoms with Crippen LogP contribution in [0.15, 0.2) is 52.0 Å². The minimum absolute atomic E-state index is 0.216. The van der Waals surface area contributed by atoms with Crippen molar-refractivity contribution >= 4 is 10.0 Å². The molecule has 21 heavy (non-hydrogen) atoms. The fourth-order valence-corrected chi connectivity index (χ4v) is 2.20. The Morgan fingerprint density at radius 2 is 1.90 bits per heavy atom. The third-order valence-electron chi connectivity index (χ3n) is 2.73. The average molecular weight is 310 g/mol. The summed E-state index contributed by atoms with van der Waals surface area (Å²) in [4.78, 5) is 0. The van der Waals surface area contributed by atoms with Crippen molar-refractivity contribution in [2.45, 2.75) is 18.1 Å². The van der Waals surface area contributed by atoms with Crippen LogP contribution in [0.25, 0.3) is 0 Å². The molecule has 0 aliphatic carbocycles. The topological polar surface area (TPSA) is 94.6 Å². The van der Waals surface area contributed by atoms with Crippen LogP contribution in [0.5, 0.6) is 5.75 Å². The van der Waals surface area contributed by atoms with E-state index < -0.39 is 10.0 Å². The maximum absolute atomic E-state index is 11.0. The van der Waals surface area contributed by atoms with E-state index in [0.717, 1.165) is 18.7 Å². The van der Waals surface area contributed by atoms with E-state index in [4.69, 9.17) is 14.3 Å². The fourth-order valence-electron chi connectivity index (χ4n) is 1.72. The highest BCUT2D eigenvalue weighted by Gasteiger charge is 2.12. The lowest BCUT2D eigenvalue weighted by molar-refractivity contribution is 0.306. The second-order valence-electron chi connectivity index (χ2n) is 4.46. The van der Waals surface area contributed by atoms with E-state index in [2.05, 4.69) is 5.32 Å². The van der Waals surface area contributed by atoms with Crippen LogP contribution in [-0.4, -0.2) is 21.6 Å². The van der Waals surface area contributed by atoms with Crippen LogP contribution in [0.2, 0.25) is 0 Å². The summed E-state index contributed by atoms with van der Waals surface area (Å²) < 4.78 is 32.8. The predicted molar refractivity (Wildman–Crippen MR) is 78.3 cm³/mol. The number of ether oxygens (including phenoxy) is 1. The highest BCUT2D eigenvalue weighted by atomic mass is 32.2. The summed E-state index contributed by atoms with van der Waals surface area (Å²) in [7, 11) is -3.77. The Hall–Kier alpha value is -1.83. The standard InChI is InChI=1S/C14H18N2O4S/c15-21(17,18)14-8-7-13(20-14)11-16-9-4-10-19-12-5-2-1-3-6-12/h1-3,5-8,16H,4,9-11H2,(H2,15,17,18). The van der Waals surface area contributed by atoms with Gasteiger partial charge >= 0.3 is 0 Å². The molecule has 3 N–H and O–H groups in total. The number of furan rings is 1. The normalized spacial score (nSPS) is 11.5. The Kier molecular flexibility index (Phi) is 5.38. The molecule has 0 atom stereocenters. The lowest BCUT2D eigenvalue weighted by Crippen LogP contribution is -2.16. The highest BCUT2D eigenvalue weighted by molar-refractivity contribution is 7.89. The first-order valence-electron chi connectivity index (χ1n) is 6.56. The zero-order chi connectivity index (χ0) is 15.1. The first-order valence-corrected chi connectivity index (χ1v) is 8.10. The van der Waals surface area contributed by atoms with Crippen molar-refractivity contribution in [2.75, 3.05) is 13.2 Å². The lowest BCUT2D eigenvalue weighted by Gasteiger charge is -2.06. The fraction of sp³-hybridized carbons (Fsp3) is 0.286. The third kappa shape index (κ3) is 5.22. The van der Waals surface area contributed by atoms with Crippen LogP contribution < -0.4 is 15.2 Å². The summed E-state index contributed by atoms with van der Waals surface area (Å²) >= 11 is 0. The Bertz CT molecular complexity index is 653. The number of hydrogen-bond acceptors (Lipinski definition) is 5. The van der Waals surface area contributed by atoms with Crippen LogP contribution >= 0.6 is 0 Å². The van der Waals surface area contributed by atoms with Gasteiger partial charge in [0, 0.05) is 0 Å². The number of rotatable bonds is 8. The van der Waals surface area contributed by atoms with E-state index in [1.165, 1.54) is 6.07 Å². The summed E-state index contributed by atoms with van der Waals surface area (Å²) in [5.41, 5.74) is 0. The summed E-state index contributed by atoms with van der Waals surface area (Å²) in [6, 6.07) is 12.5. The maximum Gasteiger partial charge on any atom is 0.271 e. The summed E-state index contributed by atoms with van der Waals surface area (Å²) in [5, 5.41) is 7.89. The molecule has 0 radical (unpaired) electrons. The zero-order valence-electron chi connectivity index (χ0n) is 11.5. The Morgan fingerprint density at radius 3 is 2.57 bits per heavy atom. The number of sulfonamides is 1. The molecule has 0 bridgehead atoms. The lowest BCUT2D eigenvalue weighted by atomic mass is 10.3. The molecule has 1 aromatic carbocycles. The molecule has 7 heteroatoms. The third-order valence-corrected chi connectivity index (χ3v) is 3.51. The maximum atomic E-state index is 11.0. The number of nitrogens with two attached hydrogens (primary N) is 1. The van der Waals surface area contributed by atoms with E-state index in [1.807, 2.05) is 30.3 Å². The van der Waals surface area contributed by atoms with E-state index in [9.17, 15) is 8.42 Å². The van der Waals surface area contributed by atoms with Gasteiger partial charge in [-0.2, -0.15) is 0 Å². The van der Waals surface area contributed by atoms with Crippen LogP contribution in [0.3, 0.4) is 0 Å². The predicted octanol–water partition coefficient (Wildman–Crippen LogP) is 1.49. The molecule has 0 saturated carbocycles. The van der Waals surface area contributed by atoms with Crippen molar-refractivity contribution < 1.29 is 17.6 Å². The van der Waals surface area contributed by atoms with E-state index in [1.54, 1.807) is 6.07 Å². The molecule has 0 amide bonds. The van der Waals surface area contributed by atoms with Crippen molar-refractivity contribution in [1.29, 1.82) is 0 Å². The van der Waals surface area contributed by atoms with Gasteiger partial charge in [-0.3, -0.25) is 0 Å². The van der Waals surface area contributed by atoms with Gasteiger partial charge in [0.05, 0.1) is 13.2 Å². The molecular formula is C14H18N2O4S. The summed E-state index contributed by atoms with van der Waals surface area (Å²) in [5.74, 6) is 1.38. The first kappa shape index (κ1) is 15.6. The second-order valence-corrected chi connectivity index (χ2v) is 5.95. The van der Waals surface area contributed by atoms with Gasteiger partial charge in [0.1, 0.15) is 11.5 Å². The molecule has 1 heterocycles. The van der Waals surface area contributed by atoms with Crippen LogP contribution in [0.1, 0.15) is 12.2 Å².